The van der Waals surface area contributed by atoms with E-state index in [9.17, 15) is 0 Å². The maximum absolute atomic E-state index is 8.48. The summed E-state index contributed by atoms with van der Waals surface area (Å²) in [5.41, 5.74) is 0. The van der Waals surface area contributed by atoms with Gasteiger partial charge in [0.2, 0.25) is 6.33 Å². The molecule has 0 aliphatic heterocycles. The standard InChI is InChI=1S/C6H11N2.O3P/c1-3-8-5-4-7(2)6-8;1-4(2)3/h4-6H,3H2,1-2H3;/q+1;-3/p+2. The van der Waals surface area contributed by atoms with Crippen LogP contribution >= 0.6 is 8.60 Å². The average molecular weight is 192 g/mol. The van der Waals surface area contributed by atoms with Gasteiger partial charge in [0.05, 0.1) is 13.6 Å². The third-order valence-electron chi connectivity index (χ3n) is 1.19. The number of hydrogen-bond acceptors (Lipinski definition) is 3. The van der Waals surface area contributed by atoms with Crippen LogP contribution in [0.15, 0.2) is 18.7 Å². The van der Waals surface area contributed by atoms with Gasteiger partial charge >= 0.3 is 2.85 Å². The molecule has 5 nitrogen and oxygen atoms in total. The maximum atomic E-state index is 8.48. The molecule has 1 heterocycles. The van der Waals surface area contributed by atoms with Crippen molar-refractivity contribution in [3.63, 3.8) is 0 Å². The van der Waals surface area contributed by atoms with Crippen LogP contribution in [0.25, 0.3) is 0 Å². The first-order valence-corrected chi connectivity index (χ1v) is 4.48. The predicted octanol–water partition coefficient (Wildman–Crippen LogP) is -2.15. The molecule has 0 aliphatic rings. The van der Waals surface area contributed by atoms with E-state index in [0.29, 0.717) is 0 Å². The Labute approximate surface area is 75.5 Å². The summed E-state index contributed by atoms with van der Waals surface area (Å²) >= 11 is 0. The zero-order valence-corrected chi connectivity index (χ0v) is 7.90. The molecule has 1 rings (SSSR count). The lowest BCUT2D eigenvalue weighted by molar-refractivity contribution is -0.693. The fourth-order valence-corrected chi connectivity index (χ4v) is 0.689. The Balaban J connectivity index is -0.000000180. The normalized spacial score (nSPS) is 9.50. The van der Waals surface area contributed by atoms with Crippen LogP contribution in [-0.4, -0.2) is 4.57 Å². The summed E-state index contributed by atoms with van der Waals surface area (Å²) in [5.74, 6) is 0. The van der Waals surface area contributed by atoms with E-state index in [-0.39, 0.29) is 2.85 Å². The van der Waals surface area contributed by atoms with Gasteiger partial charge in [-0.15, -0.1) is 0 Å². The van der Waals surface area contributed by atoms with Gasteiger partial charge in [0.25, 0.3) is 0 Å². The fourth-order valence-electron chi connectivity index (χ4n) is 0.689. The highest BCUT2D eigenvalue weighted by Crippen LogP contribution is 1.85. The van der Waals surface area contributed by atoms with Crippen LogP contribution in [0.1, 0.15) is 9.78 Å². The summed E-state index contributed by atoms with van der Waals surface area (Å²) in [6.07, 6.45) is 6.14. The van der Waals surface area contributed by atoms with E-state index in [1.54, 1.807) is 0 Å². The molecule has 0 radical (unpaired) electrons. The number of imidazole rings is 1. The predicted molar refractivity (Wildman–Crippen MR) is 40.4 cm³/mol. The van der Waals surface area contributed by atoms with Crippen molar-refractivity contribution in [2.24, 2.45) is 7.05 Å². The lowest BCUT2D eigenvalue weighted by atomic mass is 10.7. The number of rotatable bonds is 1. The quantitative estimate of drug-likeness (QED) is 0.376. The van der Waals surface area contributed by atoms with Crippen LogP contribution in [0.3, 0.4) is 0 Å². The minimum atomic E-state index is -3.37. The summed E-state index contributed by atoms with van der Waals surface area (Å²) in [7, 11) is -1.35. The monoisotopic (exact) mass is 192 g/mol. The van der Waals surface area contributed by atoms with Crippen molar-refractivity contribution < 1.29 is 22.1 Å². The molecule has 0 saturated heterocycles. The number of nitrogens with zero attached hydrogens (tertiary/aromatic N) is 2. The van der Waals surface area contributed by atoms with Crippen molar-refractivity contribution in [3.8, 4) is 0 Å². The minimum Gasteiger partial charge on any atom is -0.854 e. The second-order valence-electron chi connectivity index (χ2n) is 2.13. The van der Waals surface area contributed by atoms with Crippen LogP contribution in [0.5, 0.6) is 0 Å². The van der Waals surface area contributed by atoms with Gasteiger partial charge in [-0.2, -0.15) is 0 Å². The topological polar surface area (TPSA) is 78.0 Å². The van der Waals surface area contributed by atoms with E-state index in [2.05, 4.69) is 24.0 Å². The Morgan fingerprint density at radius 1 is 1.50 bits per heavy atom. The van der Waals surface area contributed by atoms with Crippen LogP contribution < -0.4 is 19.2 Å². The van der Waals surface area contributed by atoms with Crippen LogP contribution in [0, 0.1) is 0 Å². The summed E-state index contributed by atoms with van der Waals surface area (Å²) in [4.78, 5) is 25.4. The molecule has 0 aromatic carbocycles. The Morgan fingerprint density at radius 3 is 2.17 bits per heavy atom. The minimum absolute atomic E-state index is 0. The summed E-state index contributed by atoms with van der Waals surface area (Å²) < 4.78 is 4.16. The van der Waals surface area contributed by atoms with Gasteiger partial charge in [-0.1, -0.05) is 0 Å². The third-order valence-corrected chi connectivity index (χ3v) is 1.19. The van der Waals surface area contributed by atoms with Crippen LogP contribution in [0.2, 0.25) is 0 Å². The number of hydrogen-bond donors (Lipinski definition) is 0. The zero-order chi connectivity index (χ0) is 9.56. The molecule has 0 bridgehead atoms. The van der Waals surface area contributed by atoms with Crippen molar-refractivity contribution in [2.75, 3.05) is 0 Å². The lowest BCUT2D eigenvalue weighted by Crippen LogP contribution is -2.28. The molecule has 0 atom stereocenters. The molecule has 70 valence electrons. The van der Waals surface area contributed by atoms with Gasteiger partial charge in [-0.05, 0) is 6.92 Å². The molecular formula is C6H13N2O3P. The molecule has 0 unspecified atom stereocenters. The SMILES string of the molecule is CC[n+]1ccn(C)c1.[H+].[H+].[O-]P([O-])[O-]. The second kappa shape index (κ2) is 6.08. The molecule has 12 heavy (non-hydrogen) atoms. The summed E-state index contributed by atoms with van der Waals surface area (Å²) in [6.45, 7) is 3.18. The first-order chi connectivity index (χ1) is 5.56. The van der Waals surface area contributed by atoms with Gasteiger partial charge in [0, 0.05) is 0 Å². The van der Waals surface area contributed by atoms with E-state index in [0.717, 1.165) is 6.54 Å². The third kappa shape index (κ3) is 6.24. The van der Waals surface area contributed by atoms with E-state index in [1.165, 1.54) is 0 Å². The van der Waals surface area contributed by atoms with E-state index >= 15 is 0 Å². The van der Waals surface area contributed by atoms with Crippen molar-refractivity contribution in [2.45, 2.75) is 13.5 Å². The molecule has 0 saturated carbocycles. The average Bonchev–Trinajstić information content (AvgIpc) is 2.34. The molecule has 0 fully saturated rings. The van der Waals surface area contributed by atoms with Gasteiger partial charge < -0.3 is 23.3 Å². The Hall–Kier alpha value is -0.480. The van der Waals surface area contributed by atoms with Crippen LogP contribution in [-0.2, 0) is 13.6 Å². The molecule has 1 aromatic rings. The fraction of sp³-hybridized carbons (Fsp3) is 0.500. The first-order valence-electron chi connectivity index (χ1n) is 3.38. The zero-order valence-electron chi connectivity index (χ0n) is 9.01. The van der Waals surface area contributed by atoms with Gasteiger partial charge in [0.1, 0.15) is 12.4 Å². The smallest absolute Gasteiger partial charge is 0.854 e. The molecule has 0 N–H and O–H groups in total. The maximum Gasteiger partial charge on any atom is 1.00 e. The van der Waals surface area contributed by atoms with Crippen molar-refractivity contribution in [1.29, 1.82) is 0 Å². The number of aryl methyl sites for hydroxylation is 2. The Kier molecular flexibility index (Phi) is 5.84. The van der Waals surface area contributed by atoms with Crippen LogP contribution in [0.4, 0.5) is 0 Å². The highest BCUT2D eigenvalue weighted by molar-refractivity contribution is 7.33. The molecular weight excluding hydrogens is 179 g/mol. The van der Waals surface area contributed by atoms with Crippen molar-refractivity contribution in [3.05, 3.63) is 18.7 Å². The molecule has 0 aliphatic carbocycles. The van der Waals surface area contributed by atoms with E-state index < -0.39 is 8.60 Å². The summed E-state index contributed by atoms with van der Waals surface area (Å²) in [6, 6.07) is 0. The Bertz CT molecular complexity index is 220. The van der Waals surface area contributed by atoms with Gasteiger partial charge in [-0.3, -0.25) is 0 Å². The molecule has 0 amide bonds. The van der Waals surface area contributed by atoms with E-state index in [1.807, 2.05) is 17.8 Å². The van der Waals surface area contributed by atoms with E-state index in [4.69, 9.17) is 14.7 Å². The largest absolute Gasteiger partial charge is 1.00 e. The Morgan fingerprint density at radius 2 is 2.00 bits per heavy atom. The highest BCUT2D eigenvalue weighted by atomic mass is 31.2. The molecule has 6 heteroatoms. The molecule has 0 spiro atoms. The van der Waals surface area contributed by atoms with Gasteiger partial charge in [0.15, 0.2) is 0 Å². The number of aromatic nitrogens is 2. The lowest BCUT2D eigenvalue weighted by Gasteiger charge is -2.39. The van der Waals surface area contributed by atoms with Crippen molar-refractivity contribution in [1.82, 2.24) is 4.57 Å². The first kappa shape index (κ1) is 11.5. The van der Waals surface area contributed by atoms with Crippen molar-refractivity contribution >= 4 is 8.60 Å². The summed E-state index contributed by atoms with van der Waals surface area (Å²) in [5, 5.41) is 0. The second-order valence-corrected chi connectivity index (χ2v) is 2.58. The molecule has 1 aromatic heterocycles. The van der Waals surface area contributed by atoms with Gasteiger partial charge in [-0.25, -0.2) is 9.13 Å². The highest BCUT2D eigenvalue weighted by Gasteiger charge is 1.92.